The van der Waals surface area contributed by atoms with Crippen LogP contribution >= 0.6 is 0 Å². The Hall–Kier alpha value is -2.46. The maximum atomic E-state index is 13.5. The summed E-state index contributed by atoms with van der Waals surface area (Å²) in [6.45, 7) is 1.37. The molecule has 1 aromatic heterocycles. The molecule has 2 heterocycles. The molecule has 3 aromatic rings. The number of halogens is 1. The largest absolute Gasteiger partial charge is 0.493 e. The third kappa shape index (κ3) is 2.78. The predicted molar refractivity (Wildman–Crippen MR) is 87.8 cm³/mol. The highest BCUT2D eigenvalue weighted by atomic mass is 19.1. The highest BCUT2D eigenvalue weighted by Crippen LogP contribution is 2.32. The van der Waals surface area contributed by atoms with Gasteiger partial charge in [0.1, 0.15) is 11.6 Å². The molecule has 23 heavy (non-hydrogen) atoms. The second kappa shape index (κ2) is 5.97. The maximum Gasteiger partial charge on any atom is 0.124 e. The molecule has 1 N–H and O–H groups in total. The summed E-state index contributed by atoms with van der Waals surface area (Å²) in [5, 5.41) is 5.87. The highest BCUT2D eigenvalue weighted by molar-refractivity contribution is 5.84. The van der Waals surface area contributed by atoms with Gasteiger partial charge in [0.15, 0.2) is 0 Å². The van der Waals surface area contributed by atoms with Crippen molar-refractivity contribution in [1.29, 1.82) is 0 Å². The molecular formula is C19H17FN2O. The molecule has 116 valence electrons. The van der Waals surface area contributed by atoms with E-state index in [1.807, 2.05) is 24.5 Å². The quantitative estimate of drug-likeness (QED) is 0.794. The van der Waals surface area contributed by atoms with E-state index in [1.54, 1.807) is 12.1 Å². The number of ether oxygens (including phenoxy) is 1. The Morgan fingerprint density at radius 3 is 3.13 bits per heavy atom. The van der Waals surface area contributed by atoms with E-state index in [9.17, 15) is 4.39 Å². The summed E-state index contributed by atoms with van der Waals surface area (Å²) in [6, 6.07) is 13.1. The van der Waals surface area contributed by atoms with E-state index in [0.717, 1.165) is 29.7 Å². The molecule has 4 rings (SSSR count). The van der Waals surface area contributed by atoms with Gasteiger partial charge in [-0.05, 0) is 35.2 Å². The molecule has 0 radical (unpaired) electrons. The molecule has 0 amide bonds. The van der Waals surface area contributed by atoms with Crippen LogP contribution in [0.25, 0.3) is 10.8 Å². The first kappa shape index (κ1) is 14.2. The lowest BCUT2D eigenvalue weighted by Gasteiger charge is -2.27. The van der Waals surface area contributed by atoms with Crippen LogP contribution in [0.1, 0.15) is 23.6 Å². The van der Waals surface area contributed by atoms with E-state index in [4.69, 9.17) is 4.74 Å². The van der Waals surface area contributed by atoms with Gasteiger partial charge in [-0.1, -0.05) is 18.2 Å². The molecule has 1 atom stereocenters. The summed E-state index contributed by atoms with van der Waals surface area (Å²) in [5.74, 6) is 0.551. The number of hydrogen-bond donors (Lipinski definition) is 1. The number of aromatic nitrogens is 1. The first-order valence-corrected chi connectivity index (χ1v) is 7.78. The van der Waals surface area contributed by atoms with E-state index in [1.165, 1.54) is 17.0 Å². The van der Waals surface area contributed by atoms with Gasteiger partial charge < -0.3 is 10.1 Å². The van der Waals surface area contributed by atoms with Crippen molar-refractivity contribution in [1.82, 2.24) is 10.3 Å². The van der Waals surface area contributed by atoms with E-state index < -0.39 is 0 Å². The lowest BCUT2D eigenvalue weighted by Crippen LogP contribution is -2.27. The number of hydrogen-bond acceptors (Lipinski definition) is 3. The van der Waals surface area contributed by atoms with Crippen molar-refractivity contribution in [3.63, 3.8) is 0 Å². The summed E-state index contributed by atoms with van der Waals surface area (Å²) in [5.41, 5.74) is 2.12. The van der Waals surface area contributed by atoms with Crippen molar-refractivity contribution in [2.45, 2.75) is 19.0 Å². The number of benzene rings is 2. The lowest BCUT2D eigenvalue weighted by atomic mass is 9.99. The summed E-state index contributed by atoms with van der Waals surface area (Å²) in [7, 11) is 0. The van der Waals surface area contributed by atoms with Gasteiger partial charge in [-0.3, -0.25) is 4.98 Å². The van der Waals surface area contributed by atoms with E-state index in [0.29, 0.717) is 6.61 Å². The average Bonchev–Trinajstić information content (AvgIpc) is 2.60. The van der Waals surface area contributed by atoms with Gasteiger partial charge in [-0.15, -0.1) is 0 Å². The second-order valence-electron chi connectivity index (χ2n) is 5.77. The van der Waals surface area contributed by atoms with Crippen LogP contribution in [0.2, 0.25) is 0 Å². The number of pyridine rings is 1. The molecule has 0 saturated carbocycles. The van der Waals surface area contributed by atoms with Gasteiger partial charge >= 0.3 is 0 Å². The predicted octanol–water partition coefficient (Wildman–Crippen LogP) is 3.99. The molecule has 2 aromatic carbocycles. The summed E-state index contributed by atoms with van der Waals surface area (Å²) < 4.78 is 19.2. The van der Waals surface area contributed by atoms with Gasteiger partial charge in [-0.25, -0.2) is 4.39 Å². The van der Waals surface area contributed by atoms with Crippen LogP contribution in [-0.4, -0.2) is 11.6 Å². The van der Waals surface area contributed by atoms with Crippen LogP contribution < -0.4 is 10.1 Å². The second-order valence-corrected chi connectivity index (χ2v) is 5.77. The van der Waals surface area contributed by atoms with Crippen molar-refractivity contribution in [3.05, 3.63) is 71.8 Å². The zero-order chi connectivity index (χ0) is 15.6. The zero-order valence-electron chi connectivity index (χ0n) is 12.6. The van der Waals surface area contributed by atoms with Crippen molar-refractivity contribution in [2.24, 2.45) is 0 Å². The molecule has 0 bridgehead atoms. The number of nitrogens with zero attached hydrogens (tertiary/aromatic N) is 1. The average molecular weight is 308 g/mol. The van der Waals surface area contributed by atoms with Crippen LogP contribution in [0, 0.1) is 5.82 Å². The Morgan fingerprint density at radius 1 is 1.22 bits per heavy atom. The van der Waals surface area contributed by atoms with Gasteiger partial charge in [0.25, 0.3) is 0 Å². The Kier molecular flexibility index (Phi) is 3.67. The Morgan fingerprint density at radius 2 is 2.17 bits per heavy atom. The summed E-state index contributed by atoms with van der Waals surface area (Å²) >= 11 is 0. The van der Waals surface area contributed by atoms with E-state index in [2.05, 4.69) is 22.4 Å². The minimum atomic E-state index is -0.225. The minimum absolute atomic E-state index is 0.103. The van der Waals surface area contributed by atoms with Gasteiger partial charge in [0.2, 0.25) is 0 Å². The Bertz CT molecular complexity index is 844. The van der Waals surface area contributed by atoms with Crippen molar-refractivity contribution >= 4 is 10.8 Å². The van der Waals surface area contributed by atoms with Crippen LogP contribution in [0.15, 0.2) is 54.9 Å². The van der Waals surface area contributed by atoms with Gasteiger partial charge in [0, 0.05) is 42.4 Å². The molecule has 0 unspecified atom stereocenters. The third-order valence-electron chi connectivity index (χ3n) is 4.32. The molecule has 0 fully saturated rings. The van der Waals surface area contributed by atoms with E-state index >= 15 is 0 Å². The number of fused-ring (bicyclic) bond motifs is 2. The molecule has 0 saturated heterocycles. The topological polar surface area (TPSA) is 34.2 Å². The van der Waals surface area contributed by atoms with Crippen LogP contribution in [0.4, 0.5) is 4.39 Å². The monoisotopic (exact) mass is 308 g/mol. The standard InChI is InChI=1S/C19H17FN2O/c20-15-4-5-19-17(10-15)18(7-9-23-19)22-12-14-3-1-2-13-11-21-8-6-16(13)14/h1-6,8,10-11,18,22H,7,9,12H2/t18-/m1/s1. The minimum Gasteiger partial charge on any atom is -0.493 e. The highest BCUT2D eigenvalue weighted by Gasteiger charge is 2.21. The van der Waals surface area contributed by atoms with Crippen molar-refractivity contribution < 1.29 is 9.13 Å². The van der Waals surface area contributed by atoms with Crippen molar-refractivity contribution in [3.8, 4) is 5.75 Å². The maximum absolute atomic E-state index is 13.5. The van der Waals surface area contributed by atoms with Gasteiger partial charge in [-0.2, -0.15) is 0 Å². The fraction of sp³-hybridized carbons (Fsp3) is 0.211. The lowest BCUT2D eigenvalue weighted by molar-refractivity contribution is 0.251. The number of nitrogens with one attached hydrogen (secondary N) is 1. The SMILES string of the molecule is Fc1ccc2c(c1)[C@H](NCc1cccc3cnccc13)CCO2. The van der Waals surface area contributed by atoms with Crippen LogP contribution in [-0.2, 0) is 6.54 Å². The fourth-order valence-corrected chi connectivity index (χ4v) is 3.15. The zero-order valence-corrected chi connectivity index (χ0v) is 12.6. The smallest absolute Gasteiger partial charge is 0.124 e. The summed E-state index contributed by atoms with van der Waals surface area (Å²) in [4.78, 5) is 4.16. The third-order valence-corrected chi connectivity index (χ3v) is 4.32. The molecule has 3 nitrogen and oxygen atoms in total. The summed E-state index contributed by atoms with van der Waals surface area (Å²) in [6.07, 6.45) is 4.52. The first-order valence-electron chi connectivity index (χ1n) is 7.78. The fourth-order valence-electron chi connectivity index (χ4n) is 3.15. The van der Waals surface area contributed by atoms with Crippen molar-refractivity contribution in [2.75, 3.05) is 6.61 Å². The molecular weight excluding hydrogens is 291 g/mol. The Balaban J connectivity index is 1.59. The molecule has 0 spiro atoms. The number of rotatable bonds is 3. The molecule has 4 heteroatoms. The van der Waals surface area contributed by atoms with Crippen LogP contribution in [0.3, 0.4) is 0 Å². The Labute approximate surface area is 134 Å². The first-order chi connectivity index (χ1) is 11.3. The van der Waals surface area contributed by atoms with E-state index in [-0.39, 0.29) is 11.9 Å². The van der Waals surface area contributed by atoms with Gasteiger partial charge in [0.05, 0.1) is 6.61 Å². The molecule has 1 aliphatic rings. The van der Waals surface area contributed by atoms with Crippen LogP contribution in [0.5, 0.6) is 5.75 Å². The normalized spacial score (nSPS) is 16.8. The molecule has 1 aliphatic heterocycles. The molecule has 0 aliphatic carbocycles.